The smallest absolute Gasteiger partial charge is 0.0722 e. The van der Waals surface area contributed by atoms with E-state index in [-0.39, 0.29) is 5.41 Å². The summed E-state index contributed by atoms with van der Waals surface area (Å²) in [6.07, 6.45) is 6.95. The fourth-order valence-corrected chi connectivity index (χ4v) is 9.67. The van der Waals surface area contributed by atoms with E-state index in [0.29, 0.717) is 0 Å². The van der Waals surface area contributed by atoms with Crippen molar-refractivity contribution in [1.29, 1.82) is 0 Å². The molecule has 0 heterocycles. The molecular formula is C55H39N. The van der Waals surface area contributed by atoms with Gasteiger partial charge in [0.1, 0.15) is 0 Å². The van der Waals surface area contributed by atoms with E-state index in [2.05, 4.69) is 217 Å². The second-order valence-corrected chi connectivity index (χ2v) is 15.1. The van der Waals surface area contributed by atoms with E-state index in [9.17, 15) is 0 Å². The van der Waals surface area contributed by atoms with Gasteiger partial charge in [0.15, 0.2) is 0 Å². The van der Waals surface area contributed by atoms with Crippen LogP contribution in [0, 0.1) is 0 Å². The molecule has 56 heavy (non-hydrogen) atoms. The minimum atomic E-state index is -0.274. The molecule has 8 aromatic carbocycles. The summed E-state index contributed by atoms with van der Waals surface area (Å²) in [5.74, 6) is 0. The van der Waals surface area contributed by atoms with E-state index in [4.69, 9.17) is 0 Å². The van der Waals surface area contributed by atoms with E-state index < -0.39 is 0 Å². The summed E-state index contributed by atoms with van der Waals surface area (Å²) in [5, 5.41) is 0. The van der Waals surface area contributed by atoms with Crippen LogP contribution in [-0.4, -0.2) is 0 Å². The number of rotatable bonds is 6. The summed E-state index contributed by atoms with van der Waals surface area (Å²) in [4.78, 5) is 2.36. The van der Waals surface area contributed by atoms with E-state index in [0.717, 1.165) is 29.9 Å². The van der Waals surface area contributed by atoms with Crippen molar-refractivity contribution >= 4 is 22.6 Å². The molecule has 264 valence electrons. The van der Waals surface area contributed by atoms with Gasteiger partial charge in [0.2, 0.25) is 0 Å². The van der Waals surface area contributed by atoms with Crippen molar-refractivity contribution in [2.45, 2.75) is 18.3 Å². The summed E-state index contributed by atoms with van der Waals surface area (Å²) in [5.41, 5.74) is 21.7. The topological polar surface area (TPSA) is 3.24 Å². The predicted molar refractivity (Wildman–Crippen MR) is 234 cm³/mol. The molecule has 11 rings (SSSR count). The van der Waals surface area contributed by atoms with Gasteiger partial charge in [-0.15, -0.1) is 0 Å². The Labute approximate surface area is 329 Å². The summed E-state index contributed by atoms with van der Waals surface area (Å²) in [7, 11) is 0. The molecule has 0 N–H and O–H groups in total. The average molecular weight is 714 g/mol. The first-order chi connectivity index (χ1) is 27.8. The number of benzene rings is 8. The van der Waals surface area contributed by atoms with E-state index in [1.54, 1.807) is 0 Å². The van der Waals surface area contributed by atoms with Gasteiger partial charge in [0.05, 0.1) is 5.41 Å². The molecule has 8 aromatic rings. The fourth-order valence-electron chi connectivity index (χ4n) is 9.67. The Bertz CT molecular complexity index is 2680. The molecule has 0 aromatic heterocycles. The Hall–Kier alpha value is -6.96. The highest BCUT2D eigenvalue weighted by Crippen LogP contribution is 2.63. The number of hydrogen-bond donors (Lipinski definition) is 0. The molecule has 3 aliphatic rings. The summed E-state index contributed by atoms with van der Waals surface area (Å²) in [6, 6.07) is 73.6. The van der Waals surface area contributed by atoms with E-state index in [1.165, 1.54) is 77.9 Å². The SMILES string of the molecule is C1=CC2=C(CC1)c1cc(-c3ccc(N(c4ccc(-c5ccccc5)cc4)c4ccc(-c5ccccc5)cc4)cc3)ccc1C21c2ccccc2-c2ccccc21. The maximum Gasteiger partial charge on any atom is 0.0722 e. The molecule has 0 saturated heterocycles. The van der Waals surface area contributed by atoms with Crippen LogP contribution >= 0.6 is 0 Å². The van der Waals surface area contributed by atoms with Crippen LogP contribution in [0.4, 0.5) is 17.1 Å². The monoisotopic (exact) mass is 713 g/mol. The van der Waals surface area contributed by atoms with Crippen molar-refractivity contribution < 1.29 is 0 Å². The zero-order valence-electron chi connectivity index (χ0n) is 31.1. The van der Waals surface area contributed by atoms with Crippen molar-refractivity contribution in [3.63, 3.8) is 0 Å². The van der Waals surface area contributed by atoms with E-state index >= 15 is 0 Å². The molecule has 0 amide bonds. The van der Waals surface area contributed by atoms with Crippen LogP contribution in [0.1, 0.15) is 35.1 Å². The number of hydrogen-bond acceptors (Lipinski definition) is 1. The number of fused-ring (bicyclic) bond motifs is 9. The first kappa shape index (κ1) is 32.5. The van der Waals surface area contributed by atoms with Crippen molar-refractivity contribution in [3.05, 3.63) is 240 Å². The molecule has 0 atom stereocenters. The van der Waals surface area contributed by atoms with Crippen LogP contribution in [-0.2, 0) is 5.41 Å². The van der Waals surface area contributed by atoms with Gasteiger partial charge in [0.25, 0.3) is 0 Å². The lowest BCUT2D eigenvalue weighted by Crippen LogP contribution is -2.27. The maximum atomic E-state index is 2.47. The molecule has 0 aliphatic heterocycles. The van der Waals surface area contributed by atoms with Crippen molar-refractivity contribution in [3.8, 4) is 44.5 Å². The zero-order chi connectivity index (χ0) is 37.1. The Morgan fingerprint density at radius 2 is 0.768 bits per heavy atom. The Morgan fingerprint density at radius 1 is 0.357 bits per heavy atom. The van der Waals surface area contributed by atoms with Crippen molar-refractivity contribution in [2.75, 3.05) is 4.90 Å². The molecule has 1 spiro atoms. The summed E-state index contributed by atoms with van der Waals surface area (Å²) in [6.45, 7) is 0. The molecule has 0 radical (unpaired) electrons. The Balaban J connectivity index is 0.988. The fraction of sp³-hybridized carbons (Fsp3) is 0.0545. The van der Waals surface area contributed by atoms with Gasteiger partial charge in [-0.3, -0.25) is 0 Å². The highest BCUT2D eigenvalue weighted by atomic mass is 15.1. The molecule has 3 aliphatic carbocycles. The average Bonchev–Trinajstić information content (AvgIpc) is 3.75. The third kappa shape index (κ3) is 5.01. The largest absolute Gasteiger partial charge is 0.311 e. The van der Waals surface area contributed by atoms with E-state index in [1.807, 2.05) is 0 Å². The Kier molecular flexibility index (Phi) is 7.60. The quantitative estimate of drug-likeness (QED) is 0.166. The Morgan fingerprint density at radius 3 is 1.29 bits per heavy atom. The number of anilines is 3. The molecule has 0 unspecified atom stereocenters. The first-order valence-electron chi connectivity index (χ1n) is 19.7. The van der Waals surface area contributed by atoms with Gasteiger partial charge in [0, 0.05) is 17.1 Å². The van der Waals surface area contributed by atoms with Crippen LogP contribution in [0.25, 0.3) is 50.1 Å². The van der Waals surface area contributed by atoms with Crippen LogP contribution in [0.2, 0.25) is 0 Å². The molecule has 0 bridgehead atoms. The van der Waals surface area contributed by atoms with Gasteiger partial charge < -0.3 is 4.90 Å². The van der Waals surface area contributed by atoms with Crippen LogP contribution in [0.15, 0.2) is 218 Å². The van der Waals surface area contributed by atoms with Gasteiger partial charge in [-0.2, -0.15) is 0 Å². The second kappa shape index (κ2) is 13.1. The highest BCUT2D eigenvalue weighted by Gasteiger charge is 2.52. The predicted octanol–water partition coefficient (Wildman–Crippen LogP) is 14.6. The molecule has 0 saturated carbocycles. The molecular weight excluding hydrogens is 675 g/mol. The van der Waals surface area contributed by atoms with Gasteiger partial charge >= 0.3 is 0 Å². The van der Waals surface area contributed by atoms with Crippen LogP contribution < -0.4 is 4.90 Å². The number of allylic oxidation sites excluding steroid dienone is 4. The summed E-state index contributed by atoms with van der Waals surface area (Å²) >= 11 is 0. The highest BCUT2D eigenvalue weighted by molar-refractivity contribution is 5.97. The van der Waals surface area contributed by atoms with Crippen LogP contribution in [0.5, 0.6) is 0 Å². The standard InChI is InChI=1S/C55H39N/c1-3-13-38(14-4-1)40-23-30-44(31-24-40)56(45-32-25-41(26-33-45)39-15-5-2-6-16-39)46-34-27-42(28-35-46)43-29-36-54-50(37-43)49-19-9-12-22-53(49)55(54)51-20-10-7-17-47(51)48-18-8-11-21-52(48)55/h1-8,10-18,20-37H,9,19H2. The molecule has 1 nitrogen and oxygen atoms in total. The lowest BCUT2D eigenvalue weighted by Gasteiger charge is -2.32. The molecule has 1 heteroatoms. The number of nitrogens with zero attached hydrogens (tertiary/aromatic N) is 1. The lowest BCUT2D eigenvalue weighted by atomic mass is 9.69. The van der Waals surface area contributed by atoms with Crippen molar-refractivity contribution in [1.82, 2.24) is 0 Å². The van der Waals surface area contributed by atoms with Crippen molar-refractivity contribution in [2.24, 2.45) is 0 Å². The third-order valence-electron chi connectivity index (χ3n) is 12.2. The van der Waals surface area contributed by atoms with Gasteiger partial charge in [-0.25, -0.2) is 0 Å². The normalized spacial score (nSPS) is 14.3. The van der Waals surface area contributed by atoms with Crippen LogP contribution in [0.3, 0.4) is 0 Å². The first-order valence-corrected chi connectivity index (χ1v) is 19.7. The minimum Gasteiger partial charge on any atom is -0.311 e. The third-order valence-corrected chi connectivity index (χ3v) is 12.2. The maximum absolute atomic E-state index is 2.47. The van der Waals surface area contributed by atoms with Gasteiger partial charge in [-0.05, 0) is 133 Å². The second-order valence-electron chi connectivity index (χ2n) is 15.1. The zero-order valence-corrected chi connectivity index (χ0v) is 31.1. The van der Waals surface area contributed by atoms with Gasteiger partial charge in [-0.1, -0.05) is 170 Å². The molecule has 0 fully saturated rings. The lowest BCUT2D eigenvalue weighted by molar-refractivity contribution is 0.780. The summed E-state index contributed by atoms with van der Waals surface area (Å²) < 4.78 is 0. The minimum absolute atomic E-state index is 0.274.